The van der Waals surface area contributed by atoms with Crippen LogP contribution in [0.15, 0.2) is 42.5 Å². The van der Waals surface area contributed by atoms with Gasteiger partial charge in [0.05, 0.1) is 29.6 Å². The van der Waals surface area contributed by atoms with Gasteiger partial charge in [0.2, 0.25) is 0 Å². The molecule has 0 amide bonds. The summed E-state index contributed by atoms with van der Waals surface area (Å²) in [5.41, 5.74) is -0.423. The molecule has 108 valence electrons. The topological polar surface area (TPSA) is 45.0 Å². The number of halogens is 3. The average Bonchev–Trinajstić information content (AvgIpc) is 2.46. The summed E-state index contributed by atoms with van der Waals surface area (Å²) >= 11 is 0. The van der Waals surface area contributed by atoms with Gasteiger partial charge >= 0.3 is 6.18 Å². The number of hydrogen-bond donors (Lipinski definition) is 1. The lowest BCUT2D eigenvalue weighted by atomic mass is 10.1. The Balaban J connectivity index is 2.46. The maximum Gasteiger partial charge on any atom is 0.418 e. The largest absolute Gasteiger partial charge is 0.497 e. The van der Waals surface area contributed by atoms with Crippen LogP contribution in [-0.2, 0) is 6.18 Å². The molecule has 0 saturated carbocycles. The number of nitrogens with zero attached hydrogens (tertiary/aromatic N) is 1. The van der Waals surface area contributed by atoms with Crippen molar-refractivity contribution in [1.82, 2.24) is 0 Å². The highest BCUT2D eigenvalue weighted by Gasteiger charge is 2.33. The standard InChI is InChI=1S/C15H11F3N2O/c1-21-11-7-6-10(9-19)14(8-11)20-13-5-3-2-4-12(13)15(16,17)18/h2-8,20H,1H3. The van der Waals surface area contributed by atoms with Crippen LogP contribution < -0.4 is 10.1 Å². The van der Waals surface area contributed by atoms with Gasteiger partial charge < -0.3 is 10.1 Å². The summed E-state index contributed by atoms with van der Waals surface area (Å²) in [7, 11) is 1.44. The Morgan fingerprint density at radius 3 is 2.43 bits per heavy atom. The third kappa shape index (κ3) is 3.26. The summed E-state index contributed by atoms with van der Waals surface area (Å²) in [6, 6.07) is 11.5. The van der Waals surface area contributed by atoms with Crippen molar-refractivity contribution in [2.45, 2.75) is 6.18 Å². The Morgan fingerprint density at radius 2 is 1.81 bits per heavy atom. The van der Waals surface area contributed by atoms with E-state index in [1.807, 2.05) is 6.07 Å². The van der Waals surface area contributed by atoms with Crippen LogP contribution in [-0.4, -0.2) is 7.11 Å². The highest BCUT2D eigenvalue weighted by atomic mass is 19.4. The summed E-state index contributed by atoms with van der Waals surface area (Å²) < 4.78 is 43.9. The Labute approximate surface area is 119 Å². The van der Waals surface area contributed by atoms with Crippen LogP contribution in [0.5, 0.6) is 5.75 Å². The summed E-state index contributed by atoms with van der Waals surface area (Å²) in [5.74, 6) is 0.445. The molecule has 6 heteroatoms. The fourth-order valence-electron chi connectivity index (χ4n) is 1.84. The summed E-state index contributed by atoms with van der Waals surface area (Å²) in [5, 5.41) is 11.7. The van der Waals surface area contributed by atoms with Crippen LogP contribution in [0.4, 0.5) is 24.5 Å². The van der Waals surface area contributed by atoms with Gasteiger partial charge in [-0.3, -0.25) is 0 Å². The molecule has 0 aliphatic rings. The number of benzene rings is 2. The van der Waals surface area contributed by atoms with Gasteiger partial charge in [0.1, 0.15) is 11.8 Å². The van der Waals surface area contributed by atoms with E-state index in [1.54, 1.807) is 6.07 Å². The molecule has 21 heavy (non-hydrogen) atoms. The molecule has 0 saturated heterocycles. The van der Waals surface area contributed by atoms with E-state index in [1.165, 1.54) is 37.4 Å². The van der Waals surface area contributed by atoms with Crippen molar-refractivity contribution in [3.05, 3.63) is 53.6 Å². The third-order valence-electron chi connectivity index (χ3n) is 2.85. The minimum absolute atomic E-state index is 0.116. The van der Waals surface area contributed by atoms with Gasteiger partial charge in [0.25, 0.3) is 0 Å². The molecule has 1 N–H and O–H groups in total. The number of methoxy groups -OCH3 is 1. The Morgan fingerprint density at radius 1 is 1.10 bits per heavy atom. The SMILES string of the molecule is COc1ccc(C#N)c(Nc2ccccc2C(F)(F)F)c1. The number of nitriles is 1. The molecule has 0 aromatic heterocycles. The van der Waals surface area contributed by atoms with E-state index < -0.39 is 11.7 Å². The molecule has 2 rings (SSSR count). The van der Waals surface area contributed by atoms with Crippen molar-refractivity contribution in [2.75, 3.05) is 12.4 Å². The quantitative estimate of drug-likeness (QED) is 0.915. The van der Waals surface area contributed by atoms with Crippen LogP contribution >= 0.6 is 0 Å². The lowest BCUT2D eigenvalue weighted by molar-refractivity contribution is -0.136. The molecule has 0 fully saturated rings. The molecule has 2 aromatic rings. The molecule has 0 aliphatic carbocycles. The molecule has 3 nitrogen and oxygen atoms in total. The van der Waals surface area contributed by atoms with Crippen LogP contribution in [0.25, 0.3) is 0 Å². The number of alkyl halides is 3. The average molecular weight is 292 g/mol. The van der Waals surface area contributed by atoms with Crippen molar-refractivity contribution >= 4 is 11.4 Å². The molecule has 0 atom stereocenters. The predicted molar refractivity (Wildman–Crippen MR) is 72.4 cm³/mol. The lowest BCUT2D eigenvalue weighted by Gasteiger charge is -2.15. The van der Waals surface area contributed by atoms with E-state index in [9.17, 15) is 13.2 Å². The van der Waals surface area contributed by atoms with Crippen molar-refractivity contribution in [3.8, 4) is 11.8 Å². The van der Waals surface area contributed by atoms with Crippen molar-refractivity contribution in [2.24, 2.45) is 0 Å². The number of anilines is 2. The highest BCUT2D eigenvalue weighted by molar-refractivity contribution is 5.70. The second kappa shape index (κ2) is 5.75. The molecule has 0 unspecified atom stereocenters. The number of ether oxygens (including phenoxy) is 1. The van der Waals surface area contributed by atoms with Gasteiger partial charge in [-0.2, -0.15) is 18.4 Å². The van der Waals surface area contributed by atoms with E-state index in [4.69, 9.17) is 10.00 Å². The van der Waals surface area contributed by atoms with Crippen LogP contribution in [0.2, 0.25) is 0 Å². The Hall–Kier alpha value is -2.68. The van der Waals surface area contributed by atoms with Gasteiger partial charge in [-0.25, -0.2) is 0 Å². The normalized spacial score (nSPS) is 10.8. The zero-order valence-corrected chi connectivity index (χ0v) is 11.0. The first-order valence-electron chi connectivity index (χ1n) is 5.97. The lowest BCUT2D eigenvalue weighted by Crippen LogP contribution is -2.09. The molecular weight excluding hydrogens is 281 g/mol. The van der Waals surface area contributed by atoms with E-state index in [-0.39, 0.29) is 16.9 Å². The molecule has 0 aliphatic heterocycles. The highest BCUT2D eigenvalue weighted by Crippen LogP contribution is 2.36. The van der Waals surface area contributed by atoms with Gasteiger partial charge in [-0.1, -0.05) is 12.1 Å². The third-order valence-corrected chi connectivity index (χ3v) is 2.85. The van der Waals surface area contributed by atoms with Gasteiger partial charge in [-0.05, 0) is 24.3 Å². The van der Waals surface area contributed by atoms with Crippen LogP contribution in [0.3, 0.4) is 0 Å². The zero-order valence-electron chi connectivity index (χ0n) is 11.0. The van der Waals surface area contributed by atoms with Gasteiger partial charge in [0.15, 0.2) is 0 Å². The van der Waals surface area contributed by atoms with E-state index in [2.05, 4.69) is 5.32 Å². The van der Waals surface area contributed by atoms with Gasteiger partial charge in [-0.15, -0.1) is 0 Å². The first-order chi connectivity index (χ1) is 9.95. The zero-order chi connectivity index (χ0) is 15.5. The molecular formula is C15H11F3N2O. The van der Waals surface area contributed by atoms with E-state index in [0.29, 0.717) is 5.75 Å². The van der Waals surface area contributed by atoms with E-state index in [0.717, 1.165) is 6.07 Å². The Kier molecular flexibility index (Phi) is 4.03. The number of rotatable bonds is 3. The molecule has 0 heterocycles. The minimum atomic E-state index is -4.48. The summed E-state index contributed by atoms with van der Waals surface area (Å²) in [6.07, 6.45) is -4.48. The maximum absolute atomic E-state index is 12.9. The Bertz CT molecular complexity index is 690. The molecule has 0 spiro atoms. The monoisotopic (exact) mass is 292 g/mol. The summed E-state index contributed by atoms with van der Waals surface area (Å²) in [6.45, 7) is 0. The number of hydrogen-bond acceptors (Lipinski definition) is 3. The molecule has 2 aromatic carbocycles. The summed E-state index contributed by atoms with van der Waals surface area (Å²) in [4.78, 5) is 0. The second-order valence-electron chi connectivity index (χ2n) is 4.19. The fraction of sp³-hybridized carbons (Fsp3) is 0.133. The second-order valence-corrected chi connectivity index (χ2v) is 4.19. The number of nitrogens with one attached hydrogen (secondary N) is 1. The first-order valence-corrected chi connectivity index (χ1v) is 5.97. The molecule has 0 radical (unpaired) electrons. The molecule has 0 bridgehead atoms. The van der Waals surface area contributed by atoms with Crippen molar-refractivity contribution in [3.63, 3.8) is 0 Å². The van der Waals surface area contributed by atoms with Gasteiger partial charge in [0, 0.05) is 6.07 Å². The van der Waals surface area contributed by atoms with Crippen molar-refractivity contribution in [1.29, 1.82) is 5.26 Å². The maximum atomic E-state index is 12.9. The van der Waals surface area contributed by atoms with Crippen molar-refractivity contribution < 1.29 is 17.9 Å². The first kappa shape index (κ1) is 14.7. The van der Waals surface area contributed by atoms with E-state index >= 15 is 0 Å². The predicted octanol–water partition coefficient (Wildman–Crippen LogP) is 4.33. The fourth-order valence-corrected chi connectivity index (χ4v) is 1.84. The number of para-hydroxylation sites is 1. The minimum Gasteiger partial charge on any atom is -0.497 e. The van der Waals surface area contributed by atoms with Crippen LogP contribution in [0, 0.1) is 11.3 Å². The van der Waals surface area contributed by atoms with Crippen LogP contribution in [0.1, 0.15) is 11.1 Å². The smallest absolute Gasteiger partial charge is 0.418 e.